The van der Waals surface area contributed by atoms with Gasteiger partial charge in [-0.3, -0.25) is 0 Å². The van der Waals surface area contributed by atoms with Crippen LogP contribution in [0.5, 0.6) is 0 Å². The van der Waals surface area contributed by atoms with E-state index in [-0.39, 0.29) is 0 Å². The van der Waals surface area contributed by atoms with Gasteiger partial charge in [-0.1, -0.05) is 0 Å². The third-order valence-electron chi connectivity index (χ3n) is 6.11. The third-order valence-corrected chi connectivity index (χ3v) is 9.59. The van der Waals surface area contributed by atoms with E-state index in [2.05, 4.69) is 27.7 Å². The van der Waals surface area contributed by atoms with Crippen LogP contribution in [0.3, 0.4) is 0 Å². The summed E-state index contributed by atoms with van der Waals surface area (Å²) < 4.78 is 25.7. The van der Waals surface area contributed by atoms with Crippen molar-refractivity contribution in [3.8, 4) is 0 Å². The van der Waals surface area contributed by atoms with Crippen molar-refractivity contribution in [3.05, 3.63) is 0 Å². The molecule has 0 rings (SSSR count). The normalized spacial score (nSPS) is 12.0. The van der Waals surface area contributed by atoms with Crippen molar-refractivity contribution in [2.45, 2.75) is 156 Å². The molecular formula is C28H60O4Ti. The van der Waals surface area contributed by atoms with E-state index in [1.54, 1.807) is 0 Å². The van der Waals surface area contributed by atoms with E-state index in [0.29, 0.717) is 26.4 Å². The molecule has 4 nitrogen and oxygen atoms in total. The Labute approximate surface area is 213 Å². The van der Waals surface area contributed by atoms with E-state index in [4.69, 9.17) is 13.3 Å². The van der Waals surface area contributed by atoms with Gasteiger partial charge in [0.05, 0.1) is 0 Å². The fourth-order valence-corrected chi connectivity index (χ4v) is 7.11. The summed E-state index contributed by atoms with van der Waals surface area (Å²) in [4.78, 5) is 0. The summed E-state index contributed by atoms with van der Waals surface area (Å²) in [7, 11) is 0. The summed E-state index contributed by atoms with van der Waals surface area (Å²) in [5.74, 6) is 0. The molecule has 0 bridgehead atoms. The SMILES string of the molecule is CCCCCCC[O][Ti]([O]CCCCCCC)([O]CCCCCCC)[O]CCCCCCC. The van der Waals surface area contributed by atoms with Gasteiger partial charge in [0.2, 0.25) is 0 Å². The molecule has 33 heavy (non-hydrogen) atoms. The van der Waals surface area contributed by atoms with Crippen LogP contribution >= 0.6 is 0 Å². The zero-order valence-corrected chi connectivity index (χ0v) is 24.7. The first-order valence-corrected chi connectivity index (χ1v) is 17.3. The summed E-state index contributed by atoms with van der Waals surface area (Å²) >= 11 is -3.68. The monoisotopic (exact) mass is 508 g/mol. The van der Waals surface area contributed by atoms with Crippen LogP contribution in [0, 0.1) is 0 Å². The Balaban J connectivity index is 4.74. The fourth-order valence-electron chi connectivity index (χ4n) is 3.86. The molecule has 0 saturated carbocycles. The van der Waals surface area contributed by atoms with Crippen LogP contribution in [0.25, 0.3) is 0 Å². The summed E-state index contributed by atoms with van der Waals surface area (Å²) in [6.45, 7) is 11.9. The van der Waals surface area contributed by atoms with E-state index < -0.39 is 18.1 Å². The second kappa shape index (κ2) is 27.1. The molecule has 0 spiro atoms. The minimum absolute atomic E-state index is 0.714. The summed E-state index contributed by atoms with van der Waals surface area (Å²) in [5, 5.41) is 0. The van der Waals surface area contributed by atoms with Crippen LogP contribution in [0.4, 0.5) is 0 Å². The molecule has 5 heteroatoms. The van der Waals surface area contributed by atoms with E-state index in [9.17, 15) is 0 Å². The maximum absolute atomic E-state index is 6.41. The zero-order valence-electron chi connectivity index (χ0n) is 23.1. The Kier molecular flexibility index (Phi) is 27.6. The van der Waals surface area contributed by atoms with Gasteiger partial charge in [-0.25, -0.2) is 0 Å². The summed E-state index contributed by atoms with van der Waals surface area (Å²) in [6.07, 6.45) is 24.6. The Morgan fingerprint density at radius 1 is 0.303 bits per heavy atom. The summed E-state index contributed by atoms with van der Waals surface area (Å²) in [5.41, 5.74) is 0. The molecule has 200 valence electrons. The molecule has 0 saturated heterocycles. The van der Waals surface area contributed by atoms with Crippen LogP contribution in [0.15, 0.2) is 0 Å². The van der Waals surface area contributed by atoms with Crippen molar-refractivity contribution in [2.24, 2.45) is 0 Å². The van der Waals surface area contributed by atoms with Gasteiger partial charge in [-0.15, -0.1) is 0 Å². The van der Waals surface area contributed by atoms with Crippen molar-refractivity contribution in [1.29, 1.82) is 0 Å². The number of unbranched alkanes of at least 4 members (excludes halogenated alkanes) is 16. The van der Waals surface area contributed by atoms with Gasteiger partial charge < -0.3 is 0 Å². The van der Waals surface area contributed by atoms with Crippen molar-refractivity contribution < 1.29 is 31.4 Å². The first-order chi connectivity index (χ1) is 16.2. The van der Waals surface area contributed by atoms with Crippen LogP contribution < -0.4 is 0 Å². The number of hydrogen-bond acceptors (Lipinski definition) is 4. The molecule has 0 aliphatic carbocycles. The molecule has 0 aromatic heterocycles. The van der Waals surface area contributed by atoms with Gasteiger partial charge in [0.15, 0.2) is 0 Å². The molecule has 0 amide bonds. The fraction of sp³-hybridized carbons (Fsp3) is 1.00. The Hall–Kier alpha value is 0.554. The predicted octanol–water partition coefficient (Wildman–Crippen LogP) is 9.75. The zero-order chi connectivity index (χ0) is 24.3. The van der Waals surface area contributed by atoms with E-state index >= 15 is 0 Å². The number of rotatable bonds is 28. The van der Waals surface area contributed by atoms with Gasteiger partial charge in [-0.05, 0) is 0 Å². The molecule has 0 aromatic carbocycles. The molecule has 0 N–H and O–H groups in total. The average molecular weight is 509 g/mol. The van der Waals surface area contributed by atoms with E-state index in [1.165, 1.54) is 103 Å². The van der Waals surface area contributed by atoms with Crippen LogP contribution in [0.2, 0.25) is 0 Å². The first kappa shape index (κ1) is 33.6. The van der Waals surface area contributed by atoms with E-state index in [0.717, 1.165) is 25.7 Å². The quantitative estimate of drug-likeness (QED) is 0.0778. The van der Waals surface area contributed by atoms with Gasteiger partial charge in [-0.2, -0.15) is 0 Å². The van der Waals surface area contributed by atoms with Gasteiger partial charge in [0.25, 0.3) is 0 Å². The molecule has 0 heterocycles. The van der Waals surface area contributed by atoms with Crippen LogP contribution in [-0.2, 0) is 31.4 Å². The third kappa shape index (κ3) is 22.7. The second-order valence-electron chi connectivity index (χ2n) is 9.55. The standard InChI is InChI=1S/4C7H15O.Ti/c4*1-2-3-4-5-6-7-8;/h4*2-7H2,1H3;/q4*-1;+4. The molecule has 0 aromatic rings. The van der Waals surface area contributed by atoms with Crippen LogP contribution in [-0.4, -0.2) is 26.4 Å². The maximum atomic E-state index is 6.41. The van der Waals surface area contributed by atoms with Gasteiger partial charge >= 0.3 is 214 Å². The second-order valence-corrected chi connectivity index (χ2v) is 12.9. The summed E-state index contributed by atoms with van der Waals surface area (Å²) in [6, 6.07) is 0. The molecule has 0 radical (unpaired) electrons. The Bertz CT molecular complexity index is 298. The van der Waals surface area contributed by atoms with Crippen molar-refractivity contribution in [3.63, 3.8) is 0 Å². The molecule has 0 unspecified atom stereocenters. The molecule has 0 atom stereocenters. The predicted molar refractivity (Wildman–Crippen MR) is 139 cm³/mol. The van der Waals surface area contributed by atoms with Crippen molar-refractivity contribution in [1.82, 2.24) is 0 Å². The minimum atomic E-state index is -3.68. The topological polar surface area (TPSA) is 36.9 Å². The molecule has 0 aliphatic rings. The van der Waals surface area contributed by atoms with Crippen molar-refractivity contribution in [2.75, 3.05) is 26.4 Å². The van der Waals surface area contributed by atoms with Crippen LogP contribution in [0.1, 0.15) is 156 Å². The molecule has 0 aliphatic heterocycles. The Morgan fingerprint density at radius 3 is 0.727 bits per heavy atom. The molecule has 0 fully saturated rings. The van der Waals surface area contributed by atoms with Gasteiger partial charge in [0.1, 0.15) is 0 Å². The van der Waals surface area contributed by atoms with Gasteiger partial charge in [0, 0.05) is 0 Å². The average Bonchev–Trinajstić information content (AvgIpc) is 2.83. The molecular weight excluding hydrogens is 448 g/mol. The number of hydrogen-bond donors (Lipinski definition) is 0. The van der Waals surface area contributed by atoms with E-state index in [1.807, 2.05) is 0 Å². The Morgan fingerprint density at radius 2 is 0.515 bits per heavy atom. The van der Waals surface area contributed by atoms with Crippen molar-refractivity contribution >= 4 is 0 Å². The first-order valence-electron chi connectivity index (χ1n) is 14.8.